The molecule has 0 atom stereocenters. The van der Waals surface area contributed by atoms with E-state index < -0.39 is 0 Å². The Morgan fingerprint density at radius 1 is 1.33 bits per heavy atom. The first-order valence-electron chi connectivity index (χ1n) is 4.96. The maximum atomic E-state index is 11.4. The first kappa shape index (κ1) is 11.9. The predicted octanol–water partition coefficient (Wildman–Crippen LogP) is 3.15. The minimum atomic E-state index is 0.277. The summed E-state index contributed by atoms with van der Waals surface area (Å²) in [6.45, 7) is 0. The van der Waals surface area contributed by atoms with Gasteiger partial charge in [0, 0.05) is 17.7 Å². The molecule has 0 N–H and O–H groups in total. The number of hydrogen-bond donors (Lipinski definition) is 0. The van der Waals surface area contributed by atoms with E-state index in [1.807, 2.05) is 30.3 Å². The third-order valence-corrected chi connectivity index (χ3v) is 2.99. The summed E-state index contributed by atoms with van der Waals surface area (Å²) in [4.78, 5) is 12.5. The number of benzene rings is 1. The highest BCUT2D eigenvalue weighted by molar-refractivity contribution is 8.00. The molecule has 0 aromatic heterocycles. The fourth-order valence-electron chi connectivity index (χ4n) is 1.14. The lowest BCUT2D eigenvalue weighted by atomic mass is 10.2. The molecule has 1 aromatic rings. The Hall–Kier alpha value is -1.20. The molecule has 0 aliphatic carbocycles. The van der Waals surface area contributed by atoms with E-state index in [4.69, 9.17) is 6.42 Å². The molecule has 1 aromatic carbocycles. The number of unbranched alkanes of at least 4 members (excludes halogenated alkanes) is 1. The van der Waals surface area contributed by atoms with E-state index in [-0.39, 0.29) is 5.78 Å². The van der Waals surface area contributed by atoms with Crippen LogP contribution in [-0.2, 0) is 4.79 Å². The lowest BCUT2D eigenvalue weighted by Crippen LogP contribution is -2.00. The number of carbonyl (C=O) groups is 1. The second-order valence-corrected chi connectivity index (χ2v) is 4.25. The van der Waals surface area contributed by atoms with Gasteiger partial charge >= 0.3 is 0 Å². The molecule has 0 amide bonds. The third kappa shape index (κ3) is 5.29. The fourth-order valence-corrected chi connectivity index (χ4v) is 1.96. The number of carbonyl (C=O) groups excluding carboxylic acids is 1. The van der Waals surface area contributed by atoms with Crippen LogP contribution in [0.2, 0.25) is 0 Å². The van der Waals surface area contributed by atoms with Crippen molar-refractivity contribution >= 4 is 17.5 Å². The molecular formula is C13H14OS. The summed E-state index contributed by atoms with van der Waals surface area (Å²) >= 11 is 1.59. The number of terminal acetylenes is 1. The van der Waals surface area contributed by atoms with E-state index in [0.29, 0.717) is 18.6 Å². The van der Waals surface area contributed by atoms with Crippen LogP contribution in [0.5, 0.6) is 0 Å². The molecule has 0 radical (unpaired) electrons. The van der Waals surface area contributed by atoms with Gasteiger partial charge in [0.15, 0.2) is 0 Å². The normalized spacial score (nSPS) is 9.53. The van der Waals surface area contributed by atoms with E-state index in [0.717, 1.165) is 11.3 Å². The van der Waals surface area contributed by atoms with Gasteiger partial charge < -0.3 is 0 Å². The van der Waals surface area contributed by atoms with Crippen molar-refractivity contribution in [2.45, 2.75) is 24.2 Å². The van der Waals surface area contributed by atoms with Crippen LogP contribution in [0, 0.1) is 12.3 Å². The molecule has 1 rings (SSSR count). The maximum Gasteiger partial charge on any atom is 0.143 e. The van der Waals surface area contributed by atoms with E-state index in [1.54, 1.807) is 11.8 Å². The highest BCUT2D eigenvalue weighted by Gasteiger charge is 2.02. The van der Waals surface area contributed by atoms with Gasteiger partial charge in [0.05, 0.1) is 5.75 Å². The van der Waals surface area contributed by atoms with Gasteiger partial charge in [-0.05, 0) is 18.6 Å². The summed E-state index contributed by atoms with van der Waals surface area (Å²) in [6.07, 6.45) is 7.22. The quantitative estimate of drug-likeness (QED) is 0.414. The van der Waals surface area contributed by atoms with Crippen molar-refractivity contribution in [3.8, 4) is 12.3 Å². The van der Waals surface area contributed by atoms with E-state index in [9.17, 15) is 4.79 Å². The molecule has 0 saturated heterocycles. The number of ketones is 1. The molecule has 0 bridgehead atoms. The second kappa shape index (κ2) is 7.14. The van der Waals surface area contributed by atoms with Crippen LogP contribution in [0.3, 0.4) is 0 Å². The van der Waals surface area contributed by atoms with E-state index in [2.05, 4.69) is 5.92 Å². The Morgan fingerprint density at radius 3 is 2.73 bits per heavy atom. The molecule has 1 nitrogen and oxygen atoms in total. The van der Waals surface area contributed by atoms with Gasteiger partial charge in [-0.25, -0.2) is 0 Å². The lowest BCUT2D eigenvalue weighted by Gasteiger charge is -2.00. The van der Waals surface area contributed by atoms with Crippen LogP contribution in [-0.4, -0.2) is 11.5 Å². The highest BCUT2D eigenvalue weighted by atomic mass is 32.2. The van der Waals surface area contributed by atoms with Gasteiger partial charge in [-0.3, -0.25) is 4.79 Å². The summed E-state index contributed by atoms with van der Waals surface area (Å²) < 4.78 is 0. The van der Waals surface area contributed by atoms with Crippen LogP contribution in [0.25, 0.3) is 0 Å². The van der Waals surface area contributed by atoms with Gasteiger partial charge in [-0.1, -0.05) is 18.2 Å². The largest absolute Gasteiger partial charge is 0.299 e. The summed E-state index contributed by atoms with van der Waals surface area (Å²) in [5.74, 6) is 3.36. The Bertz CT molecular complexity index is 337. The summed E-state index contributed by atoms with van der Waals surface area (Å²) in [5, 5.41) is 0. The second-order valence-electron chi connectivity index (χ2n) is 3.20. The van der Waals surface area contributed by atoms with E-state index in [1.165, 1.54) is 0 Å². The predicted molar refractivity (Wildman–Crippen MR) is 64.9 cm³/mol. The van der Waals surface area contributed by atoms with Gasteiger partial charge in [0.25, 0.3) is 0 Å². The first-order valence-corrected chi connectivity index (χ1v) is 5.94. The van der Waals surface area contributed by atoms with Crippen molar-refractivity contribution in [3.63, 3.8) is 0 Å². The molecule has 0 spiro atoms. The topological polar surface area (TPSA) is 17.1 Å². The van der Waals surface area contributed by atoms with Crippen LogP contribution in [0.1, 0.15) is 19.3 Å². The summed E-state index contributed by atoms with van der Waals surface area (Å²) in [7, 11) is 0. The molecule has 0 fully saturated rings. The monoisotopic (exact) mass is 218 g/mol. The van der Waals surface area contributed by atoms with Gasteiger partial charge in [0.2, 0.25) is 0 Å². The zero-order chi connectivity index (χ0) is 10.9. The smallest absolute Gasteiger partial charge is 0.143 e. The van der Waals surface area contributed by atoms with Crippen molar-refractivity contribution in [3.05, 3.63) is 30.3 Å². The van der Waals surface area contributed by atoms with Gasteiger partial charge in [-0.2, -0.15) is 0 Å². The molecule has 0 unspecified atom stereocenters. The van der Waals surface area contributed by atoms with Crippen LogP contribution in [0.4, 0.5) is 0 Å². The molecule has 0 saturated carbocycles. The standard InChI is InChI=1S/C13H14OS/c1-2-3-5-8-12(14)11-15-13-9-6-4-7-10-13/h1,4,6-7,9-10H,3,5,8,11H2. The van der Waals surface area contributed by atoms with Crippen LogP contribution < -0.4 is 0 Å². The molecule has 2 heteroatoms. The molecule has 0 aliphatic rings. The average Bonchev–Trinajstić information content (AvgIpc) is 2.28. The number of Topliss-reactive ketones (excluding diaryl/α,β-unsaturated/α-hetero) is 1. The minimum Gasteiger partial charge on any atom is -0.299 e. The van der Waals surface area contributed by atoms with Crippen molar-refractivity contribution in [2.24, 2.45) is 0 Å². The summed E-state index contributed by atoms with van der Waals surface area (Å²) in [5.41, 5.74) is 0. The third-order valence-electron chi connectivity index (χ3n) is 1.92. The number of hydrogen-bond acceptors (Lipinski definition) is 2. The SMILES string of the molecule is C#CCCCC(=O)CSc1ccccc1. The van der Waals surface area contributed by atoms with Crippen molar-refractivity contribution in [2.75, 3.05) is 5.75 Å². The Balaban J connectivity index is 2.20. The first-order chi connectivity index (χ1) is 7.33. The lowest BCUT2D eigenvalue weighted by molar-refractivity contribution is -0.116. The number of thioether (sulfide) groups is 1. The Kier molecular flexibility index (Phi) is 5.65. The van der Waals surface area contributed by atoms with Gasteiger partial charge in [0.1, 0.15) is 5.78 Å². The maximum absolute atomic E-state index is 11.4. The Morgan fingerprint density at radius 2 is 2.07 bits per heavy atom. The zero-order valence-corrected chi connectivity index (χ0v) is 9.43. The zero-order valence-electron chi connectivity index (χ0n) is 8.61. The van der Waals surface area contributed by atoms with Crippen LogP contribution in [0.15, 0.2) is 35.2 Å². The molecule has 0 heterocycles. The molecular weight excluding hydrogens is 204 g/mol. The highest BCUT2D eigenvalue weighted by Crippen LogP contribution is 2.17. The molecule has 15 heavy (non-hydrogen) atoms. The molecule has 0 aliphatic heterocycles. The fraction of sp³-hybridized carbons (Fsp3) is 0.308. The summed E-state index contributed by atoms with van der Waals surface area (Å²) in [6, 6.07) is 9.95. The molecule has 78 valence electrons. The number of rotatable bonds is 6. The van der Waals surface area contributed by atoms with Crippen molar-refractivity contribution < 1.29 is 4.79 Å². The minimum absolute atomic E-state index is 0.277. The van der Waals surface area contributed by atoms with E-state index >= 15 is 0 Å². The van der Waals surface area contributed by atoms with Crippen molar-refractivity contribution in [1.82, 2.24) is 0 Å². The Labute approximate surface area is 95.3 Å². The van der Waals surface area contributed by atoms with Crippen LogP contribution >= 0.6 is 11.8 Å². The van der Waals surface area contributed by atoms with Gasteiger partial charge in [-0.15, -0.1) is 24.1 Å². The van der Waals surface area contributed by atoms with Crippen molar-refractivity contribution in [1.29, 1.82) is 0 Å². The average molecular weight is 218 g/mol.